The summed E-state index contributed by atoms with van der Waals surface area (Å²) in [5.74, 6) is 1.27. The maximum atomic E-state index is 13.3. The Labute approximate surface area is 148 Å². The van der Waals surface area contributed by atoms with Gasteiger partial charge >= 0.3 is 0 Å². The molecule has 2 aromatic carbocycles. The smallest absolute Gasteiger partial charge is 0.254 e. The molecule has 126 valence electrons. The predicted molar refractivity (Wildman–Crippen MR) is 99.8 cm³/mol. The van der Waals surface area contributed by atoms with Crippen LogP contribution < -0.4 is 0 Å². The monoisotopic (exact) mass is 330 g/mol. The minimum absolute atomic E-state index is 0.166. The Morgan fingerprint density at radius 1 is 1.16 bits per heavy atom. The van der Waals surface area contributed by atoms with Gasteiger partial charge < -0.3 is 4.90 Å². The number of aliphatic imine (C=N–C) groups is 1. The zero-order valence-electron chi connectivity index (χ0n) is 14.5. The predicted octanol–water partition coefficient (Wildman–Crippen LogP) is 4.14. The molecule has 25 heavy (non-hydrogen) atoms. The van der Waals surface area contributed by atoms with Crippen LogP contribution in [0.15, 0.2) is 47.5 Å². The van der Waals surface area contributed by atoms with Gasteiger partial charge in [-0.25, -0.2) is 0 Å². The summed E-state index contributed by atoms with van der Waals surface area (Å²) in [7, 11) is 0. The molecule has 2 aromatic rings. The molecule has 0 aromatic heterocycles. The number of fused-ring (bicyclic) bond motifs is 4. The second kappa shape index (κ2) is 5.55. The molecule has 1 saturated heterocycles. The van der Waals surface area contributed by atoms with Crippen LogP contribution in [0.25, 0.3) is 0 Å². The van der Waals surface area contributed by atoms with E-state index in [1.165, 1.54) is 16.7 Å². The molecular formula is C22H22N2O. The molecule has 0 bridgehead atoms. The normalized spacial score (nSPS) is 26.3. The lowest BCUT2D eigenvalue weighted by Gasteiger charge is -2.41. The molecule has 5 rings (SSSR count). The lowest BCUT2D eigenvalue weighted by atomic mass is 9.80. The molecular weight excluding hydrogens is 308 g/mol. The highest BCUT2D eigenvalue weighted by molar-refractivity contribution is 5.96. The number of carbonyl (C=O) groups is 1. The fourth-order valence-electron chi connectivity index (χ4n) is 4.93. The number of nitrogens with zero attached hydrogens (tertiary/aromatic N) is 2. The van der Waals surface area contributed by atoms with Crippen molar-refractivity contribution in [2.45, 2.75) is 38.1 Å². The van der Waals surface area contributed by atoms with Crippen LogP contribution in [-0.4, -0.2) is 29.6 Å². The van der Waals surface area contributed by atoms with E-state index in [2.05, 4.69) is 47.1 Å². The van der Waals surface area contributed by atoms with Gasteiger partial charge in [0.2, 0.25) is 0 Å². The fraction of sp³-hybridized carbons (Fsp3) is 0.364. The number of carbonyl (C=O) groups excluding carboxylic acids is 1. The van der Waals surface area contributed by atoms with Crippen molar-refractivity contribution in [1.29, 1.82) is 0 Å². The van der Waals surface area contributed by atoms with Crippen LogP contribution in [0.3, 0.4) is 0 Å². The summed E-state index contributed by atoms with van der Waals surface area (Å²) in [6, 6.07) is 15.0. The summed E-state index contributed by atoms with van der Waals surface area (Å²) < 4.78 is 0. The number of likely N-dealkylation sites (tertiary alicyclic amines) is 1. The second-order valence-corrected chi connectivity index (χ2v) is 7.62. The number of amides is 1. The molecule has 3 atom stereocenters. The van der Waals surface area contributed by atoms with E-state index in [-0.39, 0.29) is 5.91 Å². The van der Waals surface area contributed by atoms with E-state index >= 15 is 0 Å². The number of hydrogen-bond acceptors (Lipinski definition) is 2. The van der Waals surface area contributed by atoms with Crippen LogP contribution in [-0.2, 0) is 12.8 Å². The molecule has 0 unspecified atom stereocenters. The Bertz CT molecular complexity index is 885. The SMILES string of the molecule is C[C@H]1CCN(C(=O)c2ccc3c(c2)N=CC3)[C@H]2Cc3ccccc3[C@@H]12. The van der Waals surface area contributed by atoms with E-state index in [0.29, 0.717) is 17.9 Å². The van der Waals surface area contributed by atoms with Crippen LogP contribution in [0.4, 0.5) is 5.69 Å². The summed E-state index contributed by atoms with van der Waals surface area (Å²) in [4.78, 5) is 19.8. The number of hydrogen-bond donors (Lipinski definition) is 0. The van der Waals surface area contributed by atoms with Crippen molar-refractivity contribution in [1.82, 2.24) is 4.90 Å². The van der Waals surface area contributed by atoms with Crippen molar-refractivity contribution in [3.8, 4) is 0 Å². The summed E-state index contributed by atoms with van der Waals surface area (Å²) in [6.45, 7) is 3.20. The minimum Gasteiger partial charge on any atom is -0.335 e. The topological polar surface area (TPSA) is 32.7 Å². The number of piperidine rings is 1. The maximum Gasteiger partial charge on any atom is 0.254 e. The highest BCUT2D eigenvalue weighted by atomic mass is 16.2. The first kappa shape index (κ1) is 14.9. The lowest BCUT2D eigenvalue weighted by molar-refractivity contribution is 0.0529. The summed E-state index contributed by atoms with van der Waals surface area (Å²) >= 11 is 0. The minimum atomic E-state index is 0.166. The molecule has 1 aliphatic carbocycles. The summed E-state index contributed by atoms with van der Waals surface area (Å²) in [6.07, 6.45) is 4.86. The van der Waals surface area contributed by atoms with E-state index in [9.17, 15) is 4.79 Å². The van der Waals surface area contributed by atoms with Crippen LogP contribution in [0.2, 0.25) is 0 Å². The van der Waals surface area contributed by atoms with Gasteiger partial charge in [0.15, 0.2) is 0 Å². The van der Waals surface area contributed by atoms with Gasteiger partial charge in [-0.2, -0.15) is 0 Å². The first-order chi connectivity index (χ1) is 12.2. The van der Waals surface area contributed by atoms with Crippen LogP contribution >= 0.6 is 0 Å². The van der Waals surface area contributed by atoms with Crippen molar-refractivity contribution in [2.75, 3.05) is 6.54 Å². The van der Waals surface area contributed by atoms with Crippen LogP contribution in [0.5, 0.6) is 0 Å². The molecule has 0 radical (unpaired) electrons. The third-order valence-electron chi connectivity index (χ3n) is 6.23. The molecule has 3 nitrogen and oxygen atoms in total. The Morgan fingerprint density at radius 3 is 2.96 bits per heavy atom. The zero-order chi connectivity index (χ0) is 17.0. The van der Waals surface area contributed by atoms with Gasteiger partial charge in [0, 0.05) is 36.7 Å². The molecule has 0 N–H and O–H groups in total. The first-order valence-corrected chi connectivity index (χ1v) is 9.26. The Hall–Kier alpha value is -2.42. The van der Waals surface area contributed by atoms with Gasteiger partial charge in [-0.05, 0) is 47.6 Å². The van der Waals surface area contributed by atoms with Gasteiger partial charge in [-0.1, -0.05) is 37.3 Å². The lowest BCUT2D eigenvalue weighted by Crippen LogP contribution is -2.48. The molecule has 2 aliphatic heterocycles. The molecule has 1 amide bonds. The van der Waals surface area contributed by atoms with Crippen molar-refractivity contribution in [2.24, 2.45) is 10.9 Å². The fourth-order valence-corrected chi connectivity index (χ4v) is 4.93. The zero-order valence-corrected chi connectivity index (χ0v) is 14.5. The van der Waals surface area contributed by atoms with E-state index < -0.39 is 0 Å². The number of rotatable bonds is 1. The first-order valence-electron chi connectivity index (χ1n) is 9.26. The van der Waals surface area contributed by atoms with E-state index in [1.807, 2.05) is 18.3 Å². The van der Waals surface area contributed by atoms with Gasteiger partial charge in [0.25, 0.3) is 5.91 Å². The molecule has 2 heterocycles. The third-order valence-corrected chi connectivity index (χ3v) is 6.23. The van der Waals surface area contributed by atoms with E-state index in [4.69, 9.17) is 0 Å². The summed E-state index contributed by atoms with van der Waals surface area (Å²) in [5.41, 5.74) is 5.83. The Morgan fingerprint density at radius 2 is 2.04 bits per heavy atom. The van der Waals surface area contributed by atoms with Crippen molar-refractivity contribution in [3.05, 3.63) is 64.7 Å². The molecule has 0 saturated carbocycles. The average Bonchev–Trinajstić information content (AvgIpc) is 3.25. The van der Waals surface area contributed by atoms with E-state index in [1.54, 1.807) is 0 Å². The van der Waals surface area contributed by atoms with Gasteiger partial charge in [0.1, 0.15) is 0 Å². The molecule has 0 spiro atoms. The van der Waals surface area contributed by atoms with Gasteiger partial charge in [-0.3, -0.25) is 9.79 Å². The largest absolute Gasteiger partial charge is 0.335 e. The van der Waals surface area contributed by atoms with Crippen LogP contribution in [0, 0.1) is 5.92 Å². The van der Waals surface area contributed by atoms with Crippen LogP contribution in [0.1, 0.15) is 46.3 Å². The van der Waals surface area contributed by atoms with Gasteiger partial charge in [0.05, 0.1) is 5.69 Å². The third kappa shape index (κ3) is 2.25. The van der Waals surface area contributed by atoms with Gasteiger partial charge in [-0.15, -0.1) is 0 Å². The quantitative estimate of drug-likeness (QED) is 0.773. The average molecular weight is 330 g/mol. The molecule has 3 aliphatic rings. The Kier molecular flexibility index (Phi) is 3.30. The standard InChI is InChI=1S/C22H22N2O/c1-14-9-11-24(20-13-16-4-2-3-5-18(16)21(14)20)22(25)17-7-6-15-8-10-23-19(15)12-17/h2-7,10,12,14,20-21H,8-9,11,13H2,1H3/t14-,20-,21+/m0/s1. The van der Waals surface area contributed by atoms with E-state index in [0.717, 1.165) is 37.1 Å². The van der Waals surface area contributed by atoms with Crippen molar-refractivity contribution < 1.29 is 4.79 Å². The maximum absolute atomic E-state index is 13.3. The Balaban J connectivity index is 1.48. The number of benzene rings is 2. The highest BCUT2D eigenvalue weighted by Crippen LogP contribution is 2.45. The summed E-state index contributed by atoms with van der Waals surface area (Å²) in [5, 5.41) is 0. The highest BCUT2D eigenvalue weighted by Gasteiger charge is 2.44. The molecule has 3 heteroatoms. The van der Waals surface area contributed by atoms with Crippen molar-refractivity contribution in [3.63, 3.8) is 0 Å². The second-order valence-electron chi connectivity index (χ2n) is 7.62. The van der Waals surface area contributed by atoms with Crippen molar-refractivity contribution >= 4 is 17.8 Å². The molecule has 1 fully saturated rings.